The van der Waals surface area contributed by atoms with Gasteiger partial charge in [0.15, 0.2) is 0 Å². The normalized spacial score (nSPS) is 13.0. The lowest BCUT2D eigenvalue weighted by atomic mass is 10.1. The molecule has 0 aromatic carbocycles. The molecular weight excluding hydrogens is 228 g/mol. The summed E-state index contributed by atoms with van der Waals surface area (Å²) in [5.74, 6) is -0.339. The molecule has 1 atom stereocenters. The second-order valence-electron chi connectivity index (χ2n) is 4.96. The van der Waals surface area contributed by atoms with Crippen molar-refractivity contribution in [3.05, 3.63) is 17.0 Å². The van der Waals surface area contributed by atoms with Crippen LogP contribution in [0.1, 0.15) is 37.7 Å². The highest BCUT2D eigenvalue weighted by atomic mass is 16.1. The van der Waals surface area contributed by atoms with Gasteiger partial charge in [-0.25, -0.2) is 0 Å². The van der Waals surface area contributed by atoms with Crippen LogP contribution in [-0.2, 0) is 17.8 Å². The van der Waals surface area contributed by atoms with Crippen LogP contribution in [0.5, 0.6) is 0 Å². The average molecular weight is 252 g/mol. The monoisotopic (exact) mass is 252 g/mol. The summed E-state index contributed by atoms with van der Waals surface area (Å²) in [6, 6.07) is -0.169. The Labute approximate surface area is 109 Å². The Morgan fingerprint density at radius 3 is 2.44 bits per heavy atom. The van der Waals surface area contributed by atoms with Gasteiger partial charge in [-0.3, -0.25) is 9.48 Å². The first kappa shape index (κ1) is 14.7. The lowest BCUT2D eigenvalue weighted by molar-refractivity contribution is -0.120. The fraction of sp³-hybridized carbons (Fsp3) is 0.692. The average Bonchev–Trinajstić information content (AvgIpc) is 2.52. The smallest absolute Gasteiger partial charge is 0.236 e. The summed E-state index contributed by atoms with van der Waals surface area (Å²) in [4.78, 5) is 11.4. The van der Waals surface area contributed by atoms with Gasteiger partial charge in [0.1, 0.15) is 6.04 Å². The van der Waals surface area contributed by atoms with Crippen LogP contribution in [0, 0.1) is 13.8 Å². The predicted molar refractivity (Wildman–Crippen MR) is 72.3 cm³/mol. The second kappa shape index (κ2) is 6.00. The molecule has 0 spiro atoms. The van der Waals surface area contributed by atoms with Gasteiger partial charge in [-0.1, -0.05) is 20.8 Å². The predicted octanol–water partition coefficient (Wildman–Crippen LogP) is 0.914. The largest absolute Gasteiger partial charge is 0.368 e. The molecule has 0 aliphatic carbocycles. The Morgan fingerprint density at radius 2 is 2.06 bits per heavy atom. The van der Waals surface area contributed by atoms with E-state index in [0.29, 0.717) is 6.54 Å². The van der Waals surface area contributed by atoms with E-state index in [1.807, 2.05) is 32.4 Å². The zero-order valence-corrected chi connectivity index (χ0v) is 11.9. The zero-order valence-electron chi connectivity index (χ0n) is 11.9. The molecule has 5 nitrogen and oxygen atoms in total. The van der Waals surface area contributed by atoms with E-state index in [9.17, 15) is 4.79 Å². The SMILES string of the molecule is CCc1c(C)nn(CC(NC(C)C)C(N)=O)c1C. The molecule has 0 saturated carbocycles. The Kier molecular flexibility index (Phi) is 4.90. The number of amides is 1. The standard InChI is InChI=1S/C13H24N4O/c1-6-11-9(4)16-17(10(11)5)7-12(13(14)18)15-8(2)3/h8,12,15H,6-7H2,1-5H3,(H2,14,18). The number of aryl methyl sites for hydroxylation is 1. The van der Waals surface area contributed by atoms with Gasteiger partial charge in [0.05, 0.1) is 12.2 Å². The number of hydrogen-bond donors (Lipinski definition) is 2. The highest BCUT2D eigenvalue weighted by molar-refractivity contribution is 5.79. The van der Waals surface area contributed by atoms with E-state index in [-0.39, 0.29) is 18.0 Å². The van der Waals surface area contributed by atoms with Crippen LogP contribution < -0.4 is 11.1 Å². The van der Waals surface area contributed by atoms with Crippen LogP contribution in [0.4, 0.5) is 0 Å². The van der Waals surface area contributed by atoms with E-state index in [2.05, 4.69) is 17.3 Å². The molecule has 1 aromatic rings. The van der Waals surface area contributed by atoms with Crippen molar-refractivity contribution in [3.8, 4) is 0 Å². The van der Waals surface area contributed by atoms with Gasteiger partial charge in [0.25, 0.3) is 0 Å². The van der Waals surface area contributed by atoms with Gasteiger partial charge in [0.2, 0.25) is 5.91 Å². The highest BCUT2D eigenvalue weighted by Gasteiger charge is 2.19. The van der Waals surface area contributed by atoms with E-state index < -0.39 is 0 Å². The van der Waals surface area contributed by atoms with Crippen LogP contribution in [0.15, 0.2) is 0 Å². The summed E-state index contributed by atoms with van der Waals surface area (Å²) in [5.41, 5.74) is 8.82. The van der Waals surface area contributed by atoms with Crippen molar-refractivity contribution in [2.45, 2.75) is 59.7 Å². The second-order valence-corrected chi connectivity index (χ2v) is 4.96. The van der Waals surface area contributed by atoms with Crippen molar-refractivity contribution < 1.29 is 4.79 Å². The third-order valence-electron chi connectivity index (χ3n) is 3.12. The Morgan fingerprint density at radius 1 is 1.44 bits per heavy atom. The van der Waals surface area contributed by atoms with Gasteiger partial charge in [0, 0.05) is 11.7 Å². The first-order valence-corrected chi connectivity index (χ1v) is 6.45. The minimum atomic E-state index is -0.382. The molecule has 0 radical (unpaired) electrons. The maximum absolute atomic E-state index is 11.4. The first-order chi connectivity index (χ1) is 8.36. The van der Waals surface area contributed by atoms with Gasteiger partial charge in [-0.15, -0.1) is 0 Å². The molecule has 1 aromatic heterocycles. The van der Waals surface area contributed by atoms with Gasteiger partial charge < -0.3 is 11.1 Å². The van der Waals surface area contributed by atoms with E-state index in [0.717, 1.165) is 17.8 Å². The molecule has 102 valence electrons. The van der Waals surface area contributed by atoms with Gasteiger partial charge in [-0.2, -0.15) is 5.10 Å². The fourth-order valence-electron chi connectivity index (χ4n) is 2.22. The molecule has 3 N–H and O–H groups in total. The van der Waals surface area contributed by atoms with Crippen molar-refractivity contribution in [3.63, 3.8) is 0 Å². The molecule has 0 fully saturated rings. The molecule has 18 heavy (non-hydrogen) atoms. The van der Waals surface area contributed by atoms with Crippen LogP contribution in [0.25, 0.3) is 0 Å². The Hall–Kier alpha value is -1.36. The molecule has 5 heteroatoms. The van der Waals surface area contributed by atoms with Crippen LogP contribution in [0.2, 0.25) is 0 Å². The minimum absolute atomic E-state index is 0.213. The maximum Gasteiger partial charge on any atom is 0.236 e. The topological polar surface area (TPSA) is 72.9 Å². The number of aromatic nitrogens is 2. The lowest BCUT2D eigenvalue weighted by Gasteiger charge is -2.19. The van der Waals surface area contributed by atoms with E-state index in [1.165, 1.54) is 5.56 Å². The molecule has 1 amide bonds. The minimum Gasteiger partial charge on any atom is -0.368 e. The number of nitrogens with zero attached hydrogens (tertiary/aromatic N) is 2. The Bertz CT molecular complexity index is 423. The van der Waals surface area contributed by atoms with Crippen LogP contribution in [-0.4, -0.2) is 27.8 Å². The fourth-order valence-corrected chi connectivity index (χ4v) is 2.22. The molecule has 0 aliphatic rings. The van der Waals surface area contributed by atoms with Crippen molar-refractivity contribution in [2.75, 3.05) is 0 Å². The molecular formula is C13H24N4O. The quantitative estimate of drug-likeness (QED) is 0.790. The number of hydrogen-bond acceptors (Lipinski definition) is 3. The third kappa shape index (κ3) is 3.32. The van der Waals surface area contributed by atoms with Crippen molar-refractivity contribution in [2.24, 2.45) is 5.73 Å². The summed E-state index contributed by atoms with van der Waals surface area (Å²) < 4.78 is 1.87. The van der Waals surface area contributed by atoms with Crippen LogP contribution in [0.3, 0.4) is 0 Å². The van der Waals surface area contributed by atoms with Gasteiger partial charge >= 0.3 is 0 Å². The van der Waals surface area contributed by atoms with Gasteiger partial charge in [-0.05, 0) is 25.8 Å². The van der Waals surface area contributed by atoms with E-state index in [4.69, 9.17) is 5.73 Å². The number of nitrogens with one attached hydrogen (secondary N) is 1. The molecule has 1 unspecified atom stereocenters. The summed E-state index contributed by atoms with van der Waals surface area (Å²) in [6.07, 6.45) is 0.955. The maximum atomic E-state index is 11.4. The number of rotatable bonds is 6. The summed E-state index contributed by atoms with van der Waals surface area (Å²) >= 11 is 0. The molecule has 0 aliphatic heterocycles. The highest BCUT2D eigenvalue weighted by Crippen LogP contribution is 2.13. The summed E-state index contributed by atoms with van der Waals surface area (Å²) in [6.45, 7) is 10.6. The molecule has 1 rings (SSSR count). The Balaban J connectivity index is 2.90. The third-order valence-corrected chi connectivity index (χ3v) is 3.12. The summed E-state index contributed by atoms with van der Waals surface area (Å²) in [7, 11) is 0. The number of carbonyl (C=O) groups is 1. The molecule has 0 saturated heterocycles. The van der Waals surface area contributed by atoms with E-state index in [1.54, 1.807) is 0 Å². The summed E-state index contributed by atoms with van der Waals surface area (Å²) in [5, 5.41) is 7.65. The van der Waals surface area contributed by atoms with Crippen molar-refractivity contribution in [1.82, 2.24) is 15.1 Å². The number of carbonyl (C=O) groups excluding carboxylic acids is 1. The molecule has 0 bridgehead atoms. The number of nitrogens with two attached hydrogens (primary N) is 1. The van der Waals surface area contributed by atoms with E-state index >= 15 is 0 Å². The van der Waals surface area contributed by atoms with Crippen LogP contribution >= 0.6 is 0 Å². The molecule has 1 heterocycles. The zero-order chi connectivity index (χ0) is 13.9. The lowest BCUT2D eigenvalue weighted by Crippen LogP contribution is -2.47. The first-order valence-electron chi connectivity index (χ1n) is 6.45. The number of primary amides is 1. The van der Waals surface area contributed by atoms with Crippen molar-refractivity contribution >= 4 is 5.91 Å². The van der Waals surface area contributed by atoms with Crippen molar-refractivity contribution in [1.29, 1.82) is 0 Å².